The first-order chi connectivity index (χ1) is 51.3. The summed E-state index contributed by atoms with van der Waals surface area (Å²) in [5.41, 5.74) is 7.60. The summed E-state index contributed by atoms with van der Waals surface area (Å²) >= 11 is 6.11. The second kappa shape index (κ2) is 36.2. The topological polar surface area (TPSA) is 311 Å². The predicted molar refractivity (Wildman–Crippen MR) is 410 cm³/mol. The number of fused-ring (bicyclic) bond motifs is 21. The highest BCUT2D eigenvalue weighted by Crippen LogP contribution is 2.68. The standard InChI is InChI=1S/C16H22O3.C15H23NO2.C12H17NO3.C12H15NO2.C11H18N2O.C10H14ClNO.C10H14O3/c1-3-14(17)19-13-7-9-5-11(13)16-8-4-10(15(9)16)12(6-8)18-2;1-5-16(15(18)9(2)3)14-8-11-6-12(14)7-13(11)10(4)17;1-3-11(14)13(2)10-6-7-4-8(10)5-9(7)12(15)16;1-7(2)12(14)15-11-5-8-3-9(11)4-10(8)6-13;1-6(2)11(14)13-10-5-7-3-8(10)4-9(7)12;1-2-10(13)12-9-5-6-3-7(9)4-8(6)11;1-2-10(12)13-9-5-6-3-7(9)4-8(6)11/h3,8-13,15-16H,1,4-7H2,2H3;11-14H,2,5-8H2,1,3-4H3;3,7-10H,1,4-6H2,2H3,(H,15,16);8-11H,1,3-5H2,2H3;7-10H,1,3-5,12H2,2H3,(H,13,14);2,6-9H,1,3-5H2,(H,12,13);2,6-9,11H,1,3-5H2. The number of halogens is 1. The van der Waals surface area contributed by atoms with Crippen LogP contribution in [-0.4, -0.2) is 160 Å². The average Bonchev–Trinajstić information content (AvgIpc) is 1.54. The Kier molecular flexibility index (Phi) is 28.0. The first-order valence-corrected chi connectivity index (χ1v) is 40.8. The molecule has 0 radical (unpaired) electrons. The van der Waals surface area contributed by atoms with Crippen LogP contribution in [0.3, 0.4) is 0 Å². The van der Waals surface area contributed by atoms with E-state index in [0.717, 1.165) is 145 Å². The maximum atomic E-state index is 12.1. The van der Waals surface area contributed by atoms with E-state index in [1.165, 1.54) is 56.4 Å². The number of esters is 3. The molecule has 0 aromatic rings. The van der Waals surface area contributed by atoms with Gasteiger partial charge in [0.15, 0.2) is 0 Å². The Labute approximate surface area is 645 Å². The molecule has 22 heteroatoms. The number of aliphatic hydroxyl groups is 1. The number of aliphatic hydroxyl groups excluding tert-OH is 1. The van der Waals surface area contributed by atoms with Crippen molar-refractivity contribution in [1.82, 2.24) is 20.4 Å². The number of amides is 4. The summed E-state index contributed by atoms with van der Waals surface area (Å²) in [7, 11) is 3.65. The Morgan fingerprint density at radius 2 is 1.05 bits per heavy atom. The van der Waals surface area contributed by atoms with Gasteiger partial charge in [-0.2, -0.15) is 5.26 Å². The van der Waals surface area contributed by atoms with Crippen molar-refractivity contribution in [2.45, 2.75) is 242 Å². The highest BCUT2D eigenvalue weighted by atomic mass is 35.5. The lowest BCUT2D eigenvalue weighted by Gasteiger charge is -2.40. The van der Waals surface area contributed by atoms with Crippen LogP contribution >= 0.6 is 11.6 Å². The number of alkyl halides is 1. The van der Waals surface area contributed by atoms with Gasteiger partial charge in [0, 0.05) is 97.0 Å². The van der Waals surface area contributed by atoms with E-state index in [-0.39, 0.29) is 95.7 Å². The number of carboxylic acids is 1. The number of hydrogen-bond acceptors (Lipinski definition) is 16. The minimum absolute atomic E-state index is 0.00359. The zero-order chi connectivity index (χ0) is 78.6. The zero-order valence-electron chi connectivity index (χ0n) is 65.0. The van der Waals surface area contributed by atoms with Gasteiger partial charge in [0.25, 0.3) is 0 Å². The number of methoxy groups -OCH3 is 1. The number of nitrogens with zero attached hydrogens (tertiary/aromatic N) is 3. The van der Waals surface area contributed by atoms with Gasteiger partial charge in [0.2, 0.25) is 23.6 Å². The van der Waals surface area contributed by atoms with Crippen LogP contribution in [0.15, 0.2) is 87.1 Å². The largest absolute Gasteiger partial charge is 0.481 e. The highest BCUT2D eigenvalue weighted by molar-refractivity contribution is 6.21. The van der Waals surface area contributed by atoms with Crippen LogP contribution in [0.5, 0.6) is 0 Å². The number of nitrogens with two attached hydrogens (primary N) is 1. The first kappa shape index (κ1) is 83.7. The molecule has 108 heavy (non-hydrogen) atoms. The molecule has 0 aromatic heterocycles. The summed E-state index contributed by atoms with van der Waals surface area (Å²) < 4.78 is 21.8. The molecule has 16 fully saturated rings. The third kappa shape index (κ3) is 18.6. The number of likely N-dealkylation sites (N-methyl/N-ethyl adjacent to an activating group) is 2. The molecule has 16 aliphatic carbocycles. The number of aliphatic carboxylic acids is 1. The first-order valence-electron chi connectivity index (χ1n) is 40.3. The van der Waals surface area contributed by atoms with Crippen LogP contribution in [0.4, 0.5) is 0 Å². The fourth-order valence-corrected chi connectivity index (χ4v) is 24.5. The number of nitriles is 1. The number of carbonyl (C=O) groups excluding carboxylic acids is 8. The normalized spacial score (nSPS) is 40.8. The van der Waals surface area contributed by atoms with Crippen molar-refractivity contribution in [2.24, 2.45) is 130 Å². The summed E-state index contributed by atoms with van der Waals surface area (Å²) in [5, 5.41) is 33.7. The molecule has 16 aliphatic rings. The fourth-order valence-electron chi connectivity index (χ4n) is 24.0. The molecule has 0 heterocycles. The van der Waals surface area contributed by atoms with E-state index in [1.807, 2.05) is 18.9 Å². The number of Topliss-reactive ketones (excluding diaryl/α,β-unsaturated/α-hetero) is 1. The minimum Gasteiger partial charge on any atom is -0.481 e. The van der Waals surface area contributed by atoms with Crippen LogP contribution in [0.1, 0.15) is 176 Å². The second-order valence-electron chi connectivity index (χ2n) is 35.1. The van der Waals surface area contributed by atoms with Crippen LogP contribution in [-0.2, 0) is 62.1 Å². The van der Waals surface area contributed by atoms with E-state index in [2.05, 4.69) is 62.8 Å². The third-order valence-electron chi connectivity index (χ3n) is 29.0. The molecule has 16 saturated carbocycles. The SMILES string of the molecule is C=C(C)C(=O)N(CC)C1CC2CC1CC2C(C)=O.C=C(C)C(=O)NC1CC2CC1CC2N.C=C(C)C(=O)OC1CC2CC1CC2C#N.C=CC(=O)N(C)C1CC2CC1CC2C(=O)O.C=CC(=O)NC1CC2CC1CC2Cl.C=CC(=O)OC1CC2CC1C1C3CC(OC)C(C3)C21.C=CC(=O)OC1CC2CC1CC2O. The number of nitrogens with one attached hydrogen (secondary N) is 2. The van der Waals surface area contributed by atoms with Gasteiger partial charge in [-0.25, -0.2) is 14.4 Å². The van der Waals surface area contributed by atoms with Crippen molar-refractivity contribution in [3.8, 4) is 6.07 Å². The fraction of sp³-hybridized carbons (Fsp3) is 0.721. The Bertz CT molecular complexity index is 3420. The monoisotopic (exact) mass is 1510 g/mol. The van der Waals surface area contributed by atoms with Gasteiger partial charge in [-0.1, -0.05) is 46.1 Å². The second-order valence-corrected chi connectivity index (χ2v) is 35.7. The number of carboxylic acid groups (broad SMARTS) is 1. The summed E-state index contributed by atoms with van der Waals surface area (Å²) in [5.74, 6) is 9.35. The molecule has 6 N–H and O–H groups in total. The van der Waals surface area contributed by atoms with Gasteiger partial charge in [-0.15, -0.1) is 11.6 Å². The molecule has 0 aromatic carbocycles. The molecule has 16 rings (SSSR count). The maximum Gasteiger partial charge on any atom is 0.333 e. The molecular weight excluding hydrogens is 1390 g/mol. The lowest BCUT2D eigenvalue weighted by atomic mass is 9.69. The van der Waals surface area contributed by atoms with E-state index in [4.69, 9.17) is 46.7 Å². The van der Waals surface area contributed by atoms with Crippen LogP contribution < -0.4 is 16.4 Å². The highest BCUT2D eigenvalue weighted by Gasteiger charge is 2.66. The Balaban J connectivity index is 0.000000135. The van der Waals surface area contributed by atoms with Crippen molar-refractivity contribution >= 4 is 64.9 Å². The molecule has 32 atom stereocenters. The van der Waals surface area contributed by atoms with E-state index < -0.39 is 5.97 Å². The molecule has 21 nitrogen and oxygen atoms in total. The number of carbonyl (C=O) groups is 9. The summed E-state index contributed by atoms with van der Waals surface area (Å²) in [6.45, 7) is 34.4. The Hall–Kier alpha value is -6.73. The van der Waals surface area contributed by atoms with E-state index in [1.54, 1.807) is 39.6 Å². The predicted octanol–water partition coefficient (Wildman–Crippen LogP) is 11.4. The van der Waals surface area contributed by atoms with Crippen LogP contribution in [0.2, 0.25) is 0 Å². The molecule has 0 spiro atoms. The summed E-state index contributed by atoms with van der Waals surface area (Å²) in [6, 6.07) is 3.96. The number of hydrogen-bond donors (Lipinski definition) is 5. The van der Waals surface area contributed by atoms with E-state index in [0.29, 0.717) is 129 Å². The quantitative estimate of drug-likeness (QED) is 0.0280. The molecule has 4 amide bonds. The van der Waals surface area contributed by atoms with Crippen molar-refractivity contribution in [3.63, 3.8) is 0 Å². The van der Waals surface area contributed by atoms with Crippen molar-refractivity contribution in [2.75, 3.05) is 20.7 Å². The van der Waals surface area contributed by atoms with Gasteiger partial charge in [0.05, 0.1) is 24.2 Å². The number of ether oxygens (including phenoxy) is 4. The van der Waals surface area contributed by atoms with E-state index in [9.17, 15) is 48.3 Å². The minimum atomic E-state index is -0.677. The van der Waals surface area contributed by atoms with Crippen molar-refractivity contribution in [1.29, 1.82) is 5.26 Å². The molecule has 594 valence electrons. The van der Waals surface area contributed by atoms with Crippen molar-refractivity contribution in [3.05, 3.63) is 87.1 Å². The molecular formula is C86H123ClN6O15. The molecule has 0 aliphatic heterocycles. The number of rotatable bonds is 18. The molecule has 32 unspecified atom stereocenters. The van der Waals surface area contributed by atoms with Gasteiger partial charge in [-0.3, -0.25) is 28.8 Å². The van der Waals surface area contributed by atoms with Crippen LogP contribution in [0.25, 0.3) is 0 Å². The summed E-state index contributed by atoms with van der Waals surface area (Å²) in [4.78, 5) is 106. The van der Waals surface area contributed by atoms with Gasteiger partial charge in [-0.05, 0) is 295 Å². The van der Waals surface area contributed by atoms with Gasteiger partial charge >= 0.3 is 23.9 Å². The average molecular weight is 1520 g/mol. The van der Waals surface area contributed by atoms with Gasteiger partial charge in [0.1, 0.15) is 24.1 Å². The van der Waals surface area contributed by atoms with Crippen molar-refractivity contribution < 1.29 is 72.3 Å². The Morgan fingerprint density at radius 1 is 0.528 bits per heavy atom. The molecule has 0 saturated heterocycles. The number of ketones is 1. The van der Waals surface area contributed by atoms with E-state index >= 15 is 0 Å². The smallest absolute Gasteiger partial charge is 0.333 e. The van der Waals surface area contributed by atoms with Gasteiger partial charge < -0.3 is 55.3 Å². The van der Waals surface area contributed by atoms with Crippen LogP contribution in [0, 0.1) is 136 Å². The lowest BCUT2D eigenvalue weighted by Crippen LogP contribution is -2.44. The summed E-state index contributed by atoms with van der Waals surface area (Å²) in [6.07, 6.45) is 28.3. The maximum absolute atomic E-state index is 12.1. The lowest BCUT2D eigenvalue weighted by molar-refractivity contribution is -0.149. The third-order valence-corrected chi connectivity index (χ3v) is 29.5. The Morgan fingerprint density at radius 3 is 1.49 bits per heavy atom. The zero-order valence-corrected chi connectivity index (χ0v) is 65.8. The molecule has 16 bridgehead atoms.